The largest absolute Gasteiger partial charge is 0.431 e. The zero-order valence-electron chi connectivity index (χ0n) is 16.4. The number of hydrogen-bond donors (Lipinski definition) is 1. The summed E-state index contributed by atoms with van der Waals surface area (Å²) in [6, 6.07) is 10.6. The highest BCUT2D eigenvalue weighted by Crippen LogP contribution is 2.27. The summed E-state index contributed by atoms with van der Waals surface area (Å²) < 4.78 is 6.95. The molecule has 154 valence electrons. The van der Waals surface area contributed by atoms with E-state index in [0.29, 0.717) is 23.0 Å². The van der Waals surface area contributed by atoms with Gasteiger partial charge in [0.1, 0.15) is 11.2 Å². The first-order chi connectivity index (χ1) is 14.5. The van der Waals surface area contributed by atoms with Gasteiger partial charge in [-0.05, 0) is 32.0 Å². The number of amides is 1. The van der Waals surface area contributed by atoms with E-state index in [2.05, 4.69) is 20.4 Å². The summed E-state index contributed by atoms with van der Waals surface area (Å²) in [7, 11) is 0. The second-order valence-corrected chi connectivity index (χ2v) is 8.64. The minimum absolute atomic E-state index is 0.166. The zero-order chi connectivity index (χ0) is 21.1. The van der Waals surface area contributed by atoms with Crippen LogP contribution in [0.5, 0.6) is 0 Å². The molecule has 0 fully saturated rings. The lowest BCUT2D eigenvalue weighted by Gasteiger charge is -2.07. The Morgan fingerprint density at radius 3 is 2.80 bits per heavy atom. The average Bonchev–Trinajstić information content (AvgIpc) is 3.29. The lowest BCUT2D eigenvalue weighted by Crippen LogP contribution is -2.32. The van der Waals surface area contributed by atoms with Crippen LogP contribution >= 0.6 is 23.1 Å². The molecule has 0 bridgehead atoms. The molecule has 0 atom stereocenters. The fraction of sp³-hybridized carbons (Fsp3) is 0.250. The highest BCUT2D eigenvalue weighted by molar-refractivity contribution is 7.99. The Balaban J connectivity index is 1.32. The van der Waals surface area contributed by atoms with Crippen molar-refractivity contribution in [1.82, 2.24) is 25.1 Å². The van der Waals surface area contributed by atoms with Crippen molar-refractivity contribution in [2.45, 2.75) is 25.6 Å². The molecule has 10 heteroatoms. The van der Waals surface area contributed by atoms with Crippen LogP contribution in [-0.4, -0.2) is 38.0 Å². The first-order valence-electron chi connectivity index (χ1n) is 9.27. The Bertz CT molecular complexity index is 1230. The smallest absolute Gasteiger partial charge is 0.266 e. The van der Waals surface area contributed by atoms with Crippen molar-refractivity contribution in [3.05, 3.63) is 57.5 Å². The number of oxazole rings is 1. The van der Waals surface area contributed by atoms with Gasteiger partial charge < -0.3 is 9.73 Å². The maximum absolute atomic E-state index is 12.1. The Morgan fingerprint density at radius 1 is 1.20 bits per heavy atom. The number of thioether (sulfide) groups is 1. The molecule has 0 spiro atoms. The molecular formula is C20H19N5O3S2. The molecule has 30 heavy (non-hydrogen) atoms. The minimum atomic E-state index is -0.215. The van der Waals surface area contributed by atoms with E-state index in [1.165, 1.54) is 22.5 Å². The topological polar surface area (TPSA) is 103 Å². The van der Waals surface area contributed by atoms with Crippen molar-refractivity contribution >= 4 is 40.1 Å². The Labute approximate surface area is 180 Å². The predicted molar refractivity (Wildman–Crippen MR) is 117 cm³/mol. The quantitative estimate of drug-likeness (QED) is 0.440. The van der Waals surface area contributed by atoms with Crippen molar-refractivity contribution in [2.75, 3.05) is 12.3 Å². The van der Waals surface area contributed by atoms with Crippen LogP contribution in [0.1, 0.15) is 10.7 Å². The van der Waals surface area contributed by atoms with Crippen LogP contribution in [0.4, 0.5) is 0 Å². The Morgan fingerprint density at radius 2 is 2.03 bits per heavy atom. The van der Waals surface area contributed by atoms with Crippen molar-refractivity contribution in [2.24, 2.45) is 0 Å². The van der Waals surface area contributed by atoms with Crippen LogP contribution < -0.4 is 10.9 Å². The summed E-state index contributed by atoms with van der Waals surface area (Å²) in [5.41, 5.74) is 2.83. The van der Waals surface area contributed by atoms with Crippen molar-refractivity contribution in [1.29, 1.82) is 0 Å². The molecule has 0 radical (unpaired) electrons. The highest BCUT2D eigenvalue weighted by atomic mass is 32.2. The number of nitrogens with zero attached hydrogens (tertiary/aromatic N) is 4. The van der Waals surface area contributed by atoms with Gasteiger partial charge in [-0.1, -0.05) is 23.9 Å². The van der Waals surface area contributed by atoms with Gasteiger partial charge in [-0.2, -0.15) is 5.10 Å². The summed E-state index contributed by atoms with van der Waals surface area (Å²) in [6.07, 6.45) is 0. The molecule has 0 saturated heterocycles. The van der Waals surface area contributed by atoms with Crippen LogP contribution in [0.2, 0.25) is 0 Å². The maximum Gasteiger partial charge on any atom is 0.266 e. The van der Waals surface area contributed by atoms with E-state index < -0.39 is 0 Å². The van der Waals surface area contributed by atoms with Crippen LogP contribution in [0, 0.1) is 13.8 Å². The highest BCUT2D eigenvalue weighted by Gasteiger charge is 2.12. The molecule has 4 aromatic rings. The number of thiazole rings is 1. The van der Waals surface area contributed by atoms with E-state index in [4.69, 9.17) is 4.42 Å². The number of rotatable bonds is 7. The van der Waals surface area contributed by atoms with Crippen molar-refractivity contribution in [3.8, 4) is 10.6 Å². The molecular weight excluding hydrogens is 422 g/mol. The first kappa shape index (κ1) is 20.3. The van der Waals surface area contributed by atoms with E-state index in [0.717, 1.165) is 21.1 Å². The van der Waals surface area contributed by atoms with Crippen LogP contribution in [0.15, 0.2) is 50.8 Å². The van der Waals surface area contributed by atoms with Crippen molar-refractivity contribution in [3.63, 3.8) is 0 Å². The molecule has 8 nitrogen and oxygen atoms in total. The van der Waals surface area contributed by atoms with Crippen molar-refractivity contribution < 1.29 is 9.21 Å². The molecule has 3 aromatic heterocycles. The number of carbonyl (C=O) groups is 1. The fourth-order valence-corrected chi connectivity index (χ4v) is 4.44. The van der Waals surface area contributed by atoms with Gasteiger partial charge in [0.25, 0.3) is 10.8 Å². The first-order valence-corrected chi connectivity index (χ1v) is 11.1. The standard InChI is InChI=1S/C20H19N5O3S2/c1-12-19(30-13(2)22-12)15-7-8-18(27)25(24-15)10-9-21-17(26)11-29-20-23-14-5-3-4-6-16(14)28-20/h3-8H,9-11H2,1-2H3,(H,21,26). The number of fused-ring (bicyclic) bond motifs is 1. The molecule has 1 aromatic carbocycles. The fourth-order valence-electron chi connectivity index (χ4n) is 2.89. The molecule has 0 unspecified atom stereocenters. The summed E-state index contributed by atoms with van der Waals surface area (Å²) in [5.74, 6) is 0.00881. The Kier molecular flexibility index (Phi) is 5.96. The van der Waals surface area contributed by atoms with Crippen LogP contribution in [0.25, 0.3) is 21.7 Å². The summed E-state index contributed by atoms with van der Waals surface area (Å²) in [5, 5.41) is 8.62. The van der Waals surface area contributed by atoms with E-state index in [1.54, 1.807) is 17.4 Å². The van der Waals surface area contributed by atoms with Gasteiger partial charge >= 0.3 is 0 Å². The third-order valence-corrected chi connectivity index (χ3v) is 6.17. The molecule has 0 aliphatic rings. The number of para-hydroxylation sites is 2. The van der Waals surface area contributed by atoms with Gasteiger partial charge in [-0.25, -0.2) is 14.6 Å². The van der Waals surface area contributed by atoms with Gasteiger partial charge in [0.15, 0.2) is 5.58 Å². The molecule has 3 heterocycles. The lowest BCUT2D eigenvalue weighted by atomic mass is 10.3. The third kappa shape index (κ3) is 4.60. The van der Waals surface area contributed by atoms with Gasteiger partial charge in [0.05, 0.1) is 27.9 Å². The normalized spacial score (nSPS) is 11.1. The van der Waals surface area contributed by atoms with Crippen LogP contribution in [0.3, 0.4) is 0 Å². The second-order valence-electron chi connectivity index (χ2n) is 6.51. The zero-order valence-corrected chi connectivity index (χ0v) is 18.0. The van der Waals surface area contributed by atoms with Crippen LogP contribution in [-0.2, 0) is 11.3 Å². The van der Waals surface area contributed by atoms with Gasteiger partial charge in [-0.3, -0.25) is 9.59 Å². The van der Waals surface area contributed by atoms with E-state index in [1.807, 2.05) is 38.1 Å². The minimum Gasteiger partial charge on any atom is -0.431 e. The van der Waals surface area contributed by atoms with Gasteiger partial charge in [0.2, 0.25) is 5.91 Å². The number of hydrogen-bond acceptors (Lipinski definition) is 8. The monoisotopic (exact) mass is 441 g/mol. The van der Waals surface area contributed by atoms with E-state index >= 15 is 0 Å². The molecule has 4 rings (SSSR count). The van der Waals surface area contributed by atoms with Gasteiger partial charge in [0, 0.05) is 12.6 Å². The molecule has 1 amide bonds. The predicted octanol–water partition coefficient (Wildman–Crippen LogP) is 3.03. The molecule has 0 aliphatic carbocycles. The molecule has 1 N–H and O–H groups in total. The number of nitrogens with one attached hydrogen (secondary N) is 1. The molecule has 0 saturated carbocycles. The van der Waals surface area contributed by atoms with E-state index in [9.17, 15) is 9.59 Å². The summed E-state index contributed by atoms with van der Waals surface area (Å²) in [6.45, 7) is 4.43. The number of aromatic nitrogens is 4. The lowest BCUT2D eigenvalue weighted by molar-refractivity contribution is -0.118. The van der Waals surface area contributed by atoms with E-state index in [-0.39, 0.29) is 23.8 Å². The number of carbonyl (C=O) groups excluding carboxylic acids is 1. The molecule has 0 aliphatic heterocycles. The third-order valence-electron chi connectivity index (χ3n) is 4.25. The maximum atomic E-state index is 12.1. The van der Waals surface area contributed by atoms with Gasteiger partial charge in [-0.15, -0.1) is 11.3 Å². The Hall–Kier alpha value is -2.98. The average molecular weight is 442 g/mol. The summed E-state index contributed by atoms with van der Waals surface area (Å²) >= 11 is 2.77. The SMILES string of the molecule is Cc1nc(C)c(-c2ccc(=O)n(CCNC(=O)CSc3nc4ccccc4o3)n2)s1. The second kappa shape index (κ2) is 8.80. The number of benzene rings is 1. The summed E-state index contributed by atoms with van der Waals surface area (Å²) in [4.78, 5) is 33.9. The number of aryl methyl sites for hydroxylation is 2.